The van der Waals surface area contributed by atoms with E-state index in [1.165, 1.54) is 17.4 Å². The molecule has 0 radical (unpaired) electrons. The molecular formula is C19H16ClN5O2S. The van der Waals surface area contributed by atoms with Crippen LogP contribution in [0.5, 0.6) is 0 Å². The highest BCUT2D eigenvalue weighted by Crippen LogP contribution is 2.22. The van der Waals surface area contributed by atoms with Crippen molar-refractivity contribution >= 4 is 50.8 Å². The number of carbonyl (C=O) groups is 1. The minimum Gasteiger partial charge on any atom is -0.332 e. The van der Waals surface area contributed by atoms with Crippen molar-refractivity contribution in [2.75, 3.05) is 6.54 Å². The number of amides is 1. The lowest BCUT2D eigenvalue weighted by Crippen LogP contribution is -2.30. The van der Waals surface area contributed by atoms with Crippen molar-refractivity contribution in [3.8, 4) is 0 Å². The lowest BCUT2D eigenvalue weighted by Gasteiger charge is -2.18. The van der Waals surface area contributed by atoms with Crippen molar-refractivity contribution in [1.29, 1.82) is 0 Å². The van der Waals surface area contributed by atoms with Gasteiger partial charge in [0, 0.05) is 24.2 Å². The number of halogens is 1. The fraction of sp³-hybridized carbons (Fsp3) is 0.158. The maximum Gasteiger partial charge on any atom is 0.258 e. The summed E-state index contributed by atoms with van der Waals surface area (Å²) in [6, 6.07) is 7.11. The summed E-state index contributed by atoms with van der Waals surface area (Å²) in [5.41, 5.74) is 1.04. The lowest BCUT2D eigenvalue weighted by molar-refractivity contribution is -0.126. The summed E-state index contributed by atoms with van der Waals surface area (Å²) in [4.78, 5) is 38.7. The minimum atomic E-state index is -0.217. The number of benzene rings is 1. The van der Waals surface area contributed by atoms with Crippen LogP contribution in [-0.2, 0) is 11.3 Å². The highest BCUT2D eigenvalue weighted by atomic mass is 35.5. The van der Waals surface area contributed by atoms with Gasteiger partial charge in [-0.3, -0.25) is 14.0 Å². The molecule has 9 heteroatoms. The van der Waals surface area contributed by atoms with E-state index >= 15 is 0 Å². The number of para-hydroxylation sites is 1. The molecule has 1 amide bonds. The average Bonchev–Trinajstić information content (AvgIpc) is 3.25. The summed E-state index contributed by atoms with van der Waals surface area (Å²) in [5.74, 6) is 0.231. The first-order valence-corrected chi connectivity index (χ1v) is 9.88. The van der Waals surface area contributed by atoms with Gasteiger partial charge < -0.3 is 9.88 Å². The van der Waals surface area contributed by atoms with Gasteiger partial charge in [0.05, 0.1) is 23.1 Å². The van der Waals surface area contributed by atoms with Gasteiger partial charge in [0.25, 0.3) is 5.56 Å². The number of imidazole rings is 1. The predicted molar refractivity (Wildman–Crippen MR) is 111 cm³/mol. The molecule has 142 valence electrons. The first-order valence-electron chi connectivity index (χ1n) is 8.62. The number of aromatic amines is 1. The summed E-state index contributed by atoms with van der Waals surface area (Å²) in [7, 11) is 0. The number of nitrogens with one attached hydrogen (secondary N) is 1. The van der Waals surface area contributed by atoms with Crippen LogP contribution in [0.3, 0.4) is 0 Å². The second-order valence-corrected chi connectivity index (χ2v) is 7.29. The Labute approximate surface area is 168 Å². The summed E-state index contributed by atoms with van der Waals surface area (Å²) in [6.07, 6.45) is 4.95. The topological polar surface area (TPSA) is 83.4 Å². The molecule has 0 aliphatic carbocycles. The van der Waals surface area contributed by atoms with Crippen molar-refractivity contribution in [2.45, 2.75) is 13.5 Å². The maximum absolute atomic E-state index is 12.7. The molecule has 0 atom stereocenters. The third-order valence-corrected chi connectivity index (χ3v) is 5.37. The van der Waals surface area contributed by atoms with E-state index in [9.17, 15) is 9.59 Å². The van der Waals surface area contributed by atoms with E-state index < -0.39 is 0 Å². The number of likely N-dealkylation sites (N-methyl/N-ethyl adjacent to an activating group) is 1. The number of thiazole rings is 1. The van der Waals surface area contributed by atoms with E-state index in [4.69, 9.17) is 11.6 Å². The zero-order chi connectivity index (χ0) is 19.7. The Balaban J connectivity index is 1.57. The number of hydrogen-bond donors (Lipinski definition) is 1. The Morgan fingerprint density at radius 3 is 3.00 bits per heavy atom. The van der Waals surface area contributed by atoms with E-state index in [0.717, 1.165) is 4.96 Å². The molecule has 0 bridgehead atoms. The molecule has 0 spiro atoms. The highest BCUT2D eigenvalue weighted by molar-refractivity contribution is 7.15. The molecule has 3 heterocycles. The molecule has 28 heavy (non-hydrogen) atoms. The SMILES string of the molecule is CCN(Cc1nc2ccccc2c(=O)[nH]1)C(=O)/C=C/c1c(Cl)nc2sccn12. The van der Waals surface area contributed by atoms with E-state index in [0.29, 0.717) is 34.1 Å². The molecule has 7 nitrogen and oxygen atoms in total. The van der Waals surface area contributed by atoms with Crippen molar-refractivity contribution in [2.24, 2.45) is 0 Å². The van der Waals surface area contributed by atoms with Gasteiger partial charge in [-0.1, -0.05) is 23.7 Å². The summed E-state index contributed by atoms with van der Waals surface area (Å²) in [5, 5.41) is 2.77. The van der Waals surface area contributed by atoms with Crippen molar-refractivity contribution < 1.29 is 4.79 Å². The Kier molecular flexibility index (Phi) is 4.97. The smallest absolute Gasteiger partial charge is 0.258 e. The summed E-state index contributed by atoms with van der Waals surface area (Å²) >= 11 is 7.62. The average molecular weight is 414 g/mol. The van der Waals surface area contributed by atoms with Gasteiger partial charge in [-0.15, -0.1) is 11.3 Å². The van der Waals surface area contributed by atoms with Gasteiger partial charge in [-0.25, -0.2) is 9.97 Å². The lowest BCUT2D eigenvalue weighted by atomic mass is 10.2. The number of fused-ring (bicyclic) bond motifs is 2. The first-order chi connectivity index (χ1) is 13.6. The van der Waals surface area contributed by atoms with Crippen molar-refractivity contribution in [3.05, 3.63) is 68.9 Å². The molecule has 0 aliphatic heterocycles. The molecule has 0 saturated carbocycles. The Bertz CT molecular complexity index is 1260. The van der Waals surface area contributed by atoms with E-state index in [2.05, 4.69) is 15.0 Å². The summed E-state index contributed by atoms with van der Waals surface area (Å²) < 4.78 is 1.83. The van der Waals surface area contributed by atoms with Crippen LogP contribution < -0.4 is 5.56 Å². The Morgan fingerprint density at radius 1 is 1.36 bits per heavy atom. The van der Waals surface area contributed by atoms with Crippen LogP contribution >= 0.6 is 22.9 Å². The first kappa shape index (κ1) is 18.4. The number of H-pyrrole nitrogens is 1. The largest absolute Gasteiger partial charge is 0.332 e. The molecule has 0 aliphatic rings. The van der Waals surface area contributed by atoms with Gasteiger partial charge in [-0.2, -0.15) is 0 Å². The third-order valence-electron chi connectivity index (χ3n) is 4.33. The zero-order valence-corrected chi connectivity index (χ0v) is 16.5. The van der Waals surface area contributed by atoms with Crippen molar-refractivity contribution in [1.82, 2.24) is 24.3 Å². The molecular weight excluding hydrogens is 398 g/mol. The number of rotatable bonds is 5. The van der Waals surface area contributed by atoms with Crippen LogP contribution in [0.4, 0.5) is 0 Å². The second-order valence-electron chi connectivity index (χ2n) is 6.06. The van der Waals surface area contributed by atoms with Gasteiger partial charge in [-0.05, 0) is 25.1 Å². The van der Waals surface area contributed by atoms with E-state index in [1.54, 1.807) is 29.2 Å². The molecule has 0 fully saturated rings. The van der Waals surface area contributed by atoms with Gasteiger partial charge in [0.15, 0.2) is 10.1 Å². The molecule has 1 N–H and O–H groups in total. The number of carbonyl (C=O) groups excluding carboxylic acids is 1. The highest BCUT2D eigenvalue weighted by Gasteiger charge is 2.14. The Hall–Kier alpha value is -2.97. The second kappa shape index (κ2) is 7.57. The third kappa shape index (κ3) is 3.44. The van der Waals surface area contributed by atoms with Crippen LogP contribution in [0.15, 0.2) is 46.7 Å². The van der Waals surface area contributed by atoms with E-state index in [1.807, 2.05) is 29.0 Å². The maximum atomic E-state index is 12.7. The summed E-state index contributed by atoms with van der Waals surface area (Å²) in [6.45, 7) is 2.54. The molecule has 1 aromatic carbocycles. The Morgan fingerprint density at radius 2 is 2.18 bits per heavy atom. The predicted octanol–water partition coefficient (Wildman–Crippen LogP) is 3.35. The normalized spacial score (nSPS) is 11.6. The standard InChI is InChI=1S/C19H16ClN5O2S/c1-2-24(11-15-21-13-6-4-3-5-12(13)18(27)22-15)16(26)8-7-14-17(20)23-19-25(14)9-10-28-19/h3-10H,2,11H2,1H3,(H,21,22,27)/b8-7+. The van der Waals surface area contributed by atoms with E-state index in [-0.39, 0.29) is 18.0 Å². The van der Waals surface area contributed by atoms with Gasteiger partial charge >= 0.3 is 0 Å². The zero-order valence-electron chi connectivity index (χ0n) is 14.9. The molecule has 3 aromatic heterocycles. The number of aromatic nitrogens is 4. The van der Waals surface area contributed by atoms with Gasteiger partial charge in [0.1, 0.15) is 5.82 Å². The molecule has 0 unspecified atom stereocenters. The van der Waals surface area contributed by atoms with Crippen LogP contribution in [0.2, 0.25) is 5.15 Å². The van der Waals surface area contributed by atoms with Gasteiger partial charge in [0.2, 0.25) is 5.91 Å². The number of nitrogens with zero attached hydrogens (tertiary/aromatic N) is 4. The molecule has 4 rings (SSSR count). The molecule has 4 aromatic rings. The monoisotopic (exact) mass is 413 g/mol. The van der Waals surface area contributed by atoms with Crippen LogP contribution in [0, 0.1) is 0 Å². The van der Waals surface area contributed by atoms with Crippen LogP contribution in [-0.4, -0.2) is 36.7 Å². The number of hydrogen-bond acceptors (Lipinski definition) is 5. The molecule has 0 saturated heterocycles. The van der Waals surface area contributed by atoms with Crippen LogP contribution in [0.25, 0.3) is 21.9 Å². The fourth-order valence-electron chi connectivity index (χ4n) is 2.92. The van der Waals surface area contributed by atoms with Crippen LogP contribution in [0.1, 0.15) is 18.4 Å². The fourth-order valence-corrected chi connectivity index (χ4v) is 3.92. The quantitative estimate of drug-likeness (QED) is 0.508. The van der Waals surface area contributed by atoms with Crippen molar-refractivity contribution in [3.63, 3.8) is 0 Å². The minimum absolute atomic E-state index is 0.202.